The van der Waals surface area contributed by atoms with Gasteiger partial charge in [0.1, 0.15) is 5.82 Å². The highest BCUT2D eigenvalue weighted by Gasteiger charge is 2.23. The summed E-state index contributed by atoms with van der Waals surface area (Å²) in [6.07, 6.45) is 4.69. The second-order valence-electron chi connectivity index (χ2n) is 4.33. The smallest absolute Gasteiger partial charge is 0.331 e. The van der Waals surface area contributed by atoms with Gasteiger partial charge in [0.25, 0.3) is 5.91 Å². The lowest BCUT2D eigenvalue weighted by Gasteiger charge is -2.02. The Morgan fingerprint density at radius 3 is 2.63 bits per heavy atom. The maximum Gasteiger partial charge on any atom is 0.331 e. The number of esters is 1. The summed E-state index contributed by atoms with van der Waals surface area (Å²) < 4.78 is 17.4. The van der Waals surface area contributed by atoms with Crippen LogP contribution in [0, 0.1) is 5.82 Å². The lowest BCUT2D eigenvalue weighted by Crippen LogP contribution is -2.30. The van der Waals surface area contributed by atoms with Gasteiger partial charge in [-0.05, 0) is 36.6 Å². The van der Waals surface area contributed by atoms with E-state index in [4.69, 9.17) is 4.74 Å². The molecule has 4 nitrogen and oxygen atoms in total. The van der Waals surface area contributed by atoms with Crippen LogP contribution < -0.4 is 5.32 Å². The van der Waals surface area contributed by atoms with Crippen LogP contribution in [0.5, 0.6) is 0 Å². The Labute approximate surface area is 110 Å². The molecule has 0 aliphatic heterocycles. The van der Waals surface area contributed by atoms with Gasteiger partial charge in [-0.1, -0.05) is 12.1 Å². The molecule has 0 bridgehead atoms. The number of rotatable bonds is 5. The summed E-state index contributed by atoms with van der Waals surface area (Å²) in [5, 5.41) is 2.71. The van der Waals surface area contributed by atoms with Gasteiger partial charge in [0.15, 0.2) is 6.61 Å². The van der Waals surface area contributed by atoms with Crippen molar-refractivity contribution in [1.82, 2.24) is 5.32 Å². The van der Waals surface area contributed by atoms with E-state index in [2.05, 4.69) is 5.32 Å². The molecule has 0 aromatic heterocycles. The van der Waals surface area contributed by atoms with E-state index < -0.39 is 5.97 Å². The lowest BCUT2D eigenvalue weighted by atomic mass is 10.2. The number of hydrogen-bond donors (Lipinski definition) is 1. The summed E-state index contributed by atoms with van der Waals surface area (Å²) in [5.41, 5.74) is 0.681. The van der Waals surface area contributed by atoms with Crippen LogP contribution in [0.15, 0.2) is 30.3 Å². The van der Waals surface area contributed by atoms with E-state index in [0.717, 1.165) is 12.8 Å². The van der Waals surface area contributed by atoms with Crippen molar-refractivity contribution in [2.45, 2.75) is 18.9 Å². The molecule has 0 atom stereocenters. The first-order valence-corrected chi connectivity index (χ1v) is 6.03. The van der Waals surface area contributed by atoms with E-state index in [-0.39, 0.29) is 24.4 Å². The molecular formula is C14H14FNO3. The van der Waals surface area contributed by atoms with Crippen molar-refractivity contribution >= 4 is 18.0 Å². The van der Waals surface area contributed by atoms with Crippen LogP contribution >= 0.6 is 0 Å². The summed E-state index contributed by atoms with van der Waals surface area (Å²) in [4.78, 5) is 22.6. The zero-order valence-electron chi connectivity index (χ0n) is 10.3. The van der Waals surface area contributed by atoms with Gasteiger partial charge in [-0.15, -0.1) is 0 Å². The normalized spacial score (nSPS) is 14.4. The van der Waals surface area contributed by atoms with Crippen molar-refractivity contribution in [1.29, 1.82) is 0 Å². The van der Waals surface area contributed by atoms with E-state index in [1.807, 2.05) is 0 Å². The number of nitrogens with one attached hydrogen (secondary N) is 1. The molecule has 1 aromatic carbocycles. The molecule has 1 fully saturated rings. The van der Waals surface area contributed by atoms with Crippen molar-refractivity contribution in [2.24, 2.45) is 0 Å². The monoisotopic (exact) mass is 263 g/mol. The van der Waals surface area contributed by atoms with Crippen LogP contribution in [0.2, 0.25) is 0 Å². The quantitative estimate of drug-likeness (QED) is 0.649. The summed E-state index contributed by atoms with van der Waals surface area (Å²) in [6, 6.07) is 5.93. The molecule has 0 heterocycles. The molecule has 19 heavy (non-hydrogen) atoms. The minimum Gasteiger partial charge on any atom is -0.452 e. The first-order valence-electron chi connectivity index (χ1n) is 6.03. The number of ether oxygens (including phenoxy) is 1. The molecule has 0 spiro atoms. The topological polar surface area (TPSA) is 55.4 Å². The second kappa shape index (κ2) is 6.13. The molecule has 0 unspecified atom stereocenters. The maximum absolute atomic E-state index is 12.6. The van der Waals surface area contributed by atoms with Gasteiger partial charge in [0.05, 0.1) is 0 Å². The van der Waals surface area contributed by atoms with Crippen LogP contribution in [0.3, 0.4) is 0 Å². The SMILES string of the molecule is O=C(COC(=O)/C=C/c1ccc(F)cc1)NC1CC1. The van der Waals surface area contributed by atoms with Crippen LogP contribution in [-0.4, -0.2) is 24.5 Å². The summed E-state index contributed by atoms with van der Waals surface area (Å²) in [6.45, 7) is -0.275. The molecule has 0 saturated heterocycles. The van der Waals surface area contributed by atoms with E-state index >= 15 is 0 Å². The van der Waals surface area contributed by atoms with Crippen LogP contribution in [0.1, 0.15) is 18.4 Å². The highest BCUT2D eigenvalue weighted by molar-refractivity contribution is 5.89. The van der Waals surface area contributed by atoms with E-state index in [9.17, 15) is 14.0 Å². The van der Waals surface area contributed by atoms with Gasteiger partial charge < -0.3 is 10.1 Å². The van der Waals surface area contributed by atoms with Crippen LogP contribution in [-0.2, 0) is 14.3 Å². The predicted octanol–water partition coefficient (Wildman–Crippen LogP) is 1.66. The third kappa shape index (κ3) is 4.91. The second-order valence-corrected chi connectivity index (χ2v) is 4.33. The van der Waals surface area contributed by atoms with Crippen molar-refractivity contribution in [3.63, 3.8) is 0 Å². The Kier molecular flexibility index (Phi) is 4.28. The molecule has 1 aromatic rings. The summed E-state index contributed by atoms with van der Waals surface area (Å²) >= 11 is 0. The first-order chi connectivity index (χ1) is 9.13. The Morgan fingerprint density at radius 2 is 2.00 bits per heavy atom. The largest absolute Gasteiger partial charge is 0.452 e. The Bertz CT molecular complexity index is 492. The molecule has 1 N–H and O–H groups in total. The number of hydrogen-bond acceptors (Lipinski definition) is 3. The number of amides is 1. The molecule has 1 aliphatic carbocycles. The van der Waals surface area contributed by atoms with Crippen molar-refractivity contribution in [3.05, 3.63) is 41.7 Å². The van der Waals surface area contributed by atoms with Crippen molar-refractivity contribution < 1.29 is 18.7 Å². The first kappa shape index (κ1) is 13.3. The maximum atomic E-state index is 12.6. The average molecular weight is 263 g/mol. The standard InChI is InChI=1S/C14H14FNO3/c15-11-4-1-10(2-5-11)3-8-14(18)19-9-13(17)16-12-6-7-12/h1-5,8,12H,6-7,9H2,(H,16,17)/b8-3+. The van der Waals surface area contributed by atoms with Crippen molar-refractivity contribution in [3.8, 4) is 0 Å². The van der Waals surface area contributed by atoms with E-state index in [1.54, 1.807) is 12.1 Å². The van der Waals surface area contributed by atoms with Gasteiger partial charge in [-0.25, -0.2) is 9.18 Å². The average Bonchev–Trinajstić information content (AvgIpc) is 3.19. The highest BCUT2D eigenvalue weighted by atomic mass is 19.1. The fourth-order valence-corrected chi connectivity index (χ4v) is 1.42. The van der Waals surface area contributed by atoms with Gasteiger partial charge >= 0.3 is 5.97 Å². The van der Waals surface area contributed by atoms with Crippen LogP contribution in [0.25, 0.3) is 6.08 Å². The highest BCUT2D eigenvalue weighted by Crippen LogP contribution is 2.18. The van der Waals surface area contributed by atoms with Crippen molar-refractivity contribution in [2.75, 3.05) is 6.61 Å². The lowest BCUT2D eigenvalue weighted by molar-refractivity contribution is -0.143. The fraction of sp³-hybridized carbons (Fsp3) is 0.286. The Morgan fingerprint density at radius 1 is 1.32 bits per heavy atom. The number of carbonyl (C=O) groups is 2. The molecular weight excluding hydrogens is 249 g/mol. The molecule has 1 aliphatic rings. The molecule has 1 amide bonds. The number of halogens is 1. The minimum absolute atomic E-state index is 0.251. The van der Waals surface area contributed by atoms with Gasteiger partial charge in [-0.3, -0.25) is 4.79 Å². The Hall–Kier alpha value is -2.17. The fourth-order valence-electron chi connectivity index (χ4n) is 1.42. The minimum atomic E-state index is -0.602. The Balaban J connectivity index is 1.73. The van der Waals surface area contributed by atoms with Gasteiger partial charge in [-0.2, -0.15) is 0 Å². The number of benzene rings is 1. The summed E-state index contributed by atoms with van der Waals surface area (Å²) in [5.74, 6) is -1.22. The molecule has 5 heteroatoms. The zero-order chi connectivity index (χ0) is 13.7. The van der Waals surface area contributed by atoms with Crippen LogP contribution in [0.4, 0.5) is 4.39 Å². The third-order valence-corrected chi connectivity index (χ3v) is 2.57. The molecule has 0 radical (unpaired) electrons. The van der Waals surface area contributed by atoms with Gasteiger partial charge in [0, 0.05) is 12.1 Å². The molecule has 100 valence electrons. The predicted molar refractivity (Wildman–Crippen MR) is 67.6 cm³/mol. The van der Waals surface area contributed by atoms with Gasteiger partial charge in [0.2, 0.25) is 0 Å². The van der Waals surface area contributed by atoms with E-state index in [1.165, 1.54) is 24.3 Å². The molecule has 1 saturated carbocycles. The zero-order valence-corrected chi connectivity index (χ0v) is 10.3. The third-order valence-electron chi connectivity index (χ3n) is 2.57. The molecule has 2 rings (SSSR count). The van der Waals surface area contributed by atoms with E-state index in [0.29, 0.717) is 5.56 Å². The summed E-state index contributed by atoms with van der Waals surface area (Å²) in [7, 11) is 0. The number of carbonyl (C=O) groups excluding carboxylic acids is 2.